The molecule has 1 saturated heterocycles. The molecule has 6 heteroatoms. The molecule has 1 atom stereocenters. The van der Waals surface area contributed by atoms with Crippen molar-refractivity contribution < 1.29 is 14.3 Å². The van der Waals surface area contributed by atoms with Crippen LogP contribution in [0.15, 0.2) is 42.6 Å². The van der Waals surface area contributed by atoms with Crippen molar-refractivity contribution in [3.8, 4) is 0 Å². The molecule has 1 unspecified atom stereocenters. The summed E-state index contributed by atoms with van der Waals surface area (Å²) < 4.78 is 5.47. The molecule has 6 nitrogen and oxygen atoms in total. The highest BCUT2D eigenvalue weighted by Crippen LogP contribution is 2.27. The van der Waals surface area contributed by atoms with E-state index in [1.54, 1.807) is 43.6 Å². The lowest BCUT2D eigenvalue weighted by Gasteiger charge is -2.30. The van der Waals surface area contributed by atoms with Crippen molar-refractivity contribution in [3.63, 3.8) is 0 Å². The molecule has 1 aliphatic rings. The monoisotopic (exact) mass is 381 g/mol. The number of hydrogen-bond acceptors (Lipinski definition) is 5. The van der Waals surface area contributed by atoms with Gasteiger partial charge < -0.3 is 15.8 Å². The Morgan fingerprint density at radius 3 is 2.61 bits per heavy atom. The third-order valence-electron chi connectivity index (χ3n) is 5.37. The number of benzene rings is 1. The van der Waals surface area contributed by atoms with Crippen LogP contribution in [0.2, 0.25) is 0 Å². The Labute approximate surface area is 165 Å². The van der Waals surface area contributed by atoms with Crippen molar-refractivity contribution in [1.82, 2.24) is 10.3 Å². The highest BCUT2D eigenvalue weighted by Gasteiger charge is 2.25. The second-order valence-electron chi connectivity index (χ2n) is 7.33. The van der Waals surface area contributed by atoms with Gasteiger partial charge in [0, 0.05) is 31.0 Å². The van der Waals surface area contributed by atoms with Crippen LogP contribution in [0.1, 0.15) is 44.8 Å². The molecule has 1 amide bonds. The van der Waals surface area contributed by atoms with E-state index < -0.39 is 5.91 Å². The van der Waals surface area contributed by atoms with Gasteiger partial charge in [0.05, 0.1) is 0 Å². The van der Waals surface area contributed by atoms with E-state index >= 15 is 0 Å². The van der Waals surface area contributed by atoms with Gasteiger partial charge in [0.25, 0.3) is 0 Å². The average Bonchev–Trinajstić information content (AvgIpc) is 2.74. The van der Waals surface area contributed by atoms with Gasteiger partial charge in [-0.2, -0.15) is 0 Å². The zero-order chi connectivity index (χ0) is 19.9. The third kappa shape index (κ3) is 5.03. The van der Waals surface area contributed by atoms with E-state index in [2.05, 4.69) is 10.3 Å². The first-order chi connectivity index (χ1) is 13.6. The second-order valence-corrected chi connectivity index (χ2v) is 7.33. The van der Waals surface area contributed by atoms with E-state index in [9.17, 15) is 9.59 Å². The molecule has 1 aromatic carbocycles. The van der Waals surface area contributed by atoms with Gasteiger partial charge in [-0.05, 0) is 80.1 Å². The average molecular weight is 381 g/mol. The van der Waals surface area contributed by atoms with Gasteiger partial charge >= 0.3 is 0 Å². The van der Waals surface area contributed by atoms with Gasteiger partial charge in [-0.15, -0.1) is 0 Å². The number of piperidine rings is 1. The number of ether oxygens (including phenoxy) is 1. The number of pyridine rings is 1. The third-order valence-corrected chi connectivity index (χ3v) is 5.37. The first-order valence-electron chi connectivity index (χ1n) is 9.67. The van der Waals surface area contributed by atoms with Crippen LogP contribution in [0.25, 0.3) is 0 Å². The number of ketones is 1. The summed E-state index contributed by atoms with van der Waals surface area (Å²) in [6, 6.07) is 10.4. The molecule has 28 heavy (non-hydrogen) atoms. The van der Waals surface area contributed by atoms with Crippen LogP contribution in [-0.2, 0) is 11.2 Å². The molecule has 3 N–H and O–H groups in total. The van der Waals surface area contributed by atoms with E-state index in [-0.39, 0.29) is 5.78 Å². The van der Waals surface area contributed by atoms with Crippen LogP contribution in [0.5, 0.6) is 0 Å². The second kappa shape index (κ2) is 9.57. The smallest absolute Gasteiger partial charge is 0.248 e. The molecule has 2 heterocycles. The lowest BCUT2D eigenvalue weighted by molar-refractivity contribution is 0.0999. The molecule has 0 saturated carbocycles. The topological polar surface area (TPSA) is 94.3 Å². The molecule has 1 aromatic heterocycles. The van der Waals surface area contributed by atoms with Crippen molar-refractivity contribution in [2.24, 2.45) is 17.6 Å². The summed E-state index contributed by atoms with van der Waals surface area (Å²) in [5.41, 5.74) is 7.58. The Morgan fingerprint density at radius 1 is 1.21 bits per heavy atom. The summed E-state index contributed by atoms with van der Waals surface area (Å²) in [4.78, 5) is 28.8. The van der Waals surface area contributed by atoms with E-state index in [1.165, 1.54) is 0 Å². The quantitative estimate of drug-likeness (QED) is 0.684. The summed E-state index contributed by atoms with van der Waals surface area (Å²) >= 11 is 0. The Kier molecular flexibility index (Phi) is 6.90. The number of nitrogens with one attached hydrogen (secondary N) is 1. The van der Waals surface area contributed by atoms with E-state index in [4.69, 9.17) is 10.5 Å². The Balaban J connectivity index is 1.89. The maximum Gasteiger partial charge on any atom is 0.248 e. The van der Waals surface area contributed by atoms with Crippen molar-refractivity contribution >= 4 is 11.7 Å². The van der Waals surface area contributed by atoms with Gasteiger partial charge in [-0.25, -0.2) is 0 Å². The van der Waals surface area contributed by atoms with Crippen LogP contribution in [-0.4, -0.2) is 43.5 Å². The molecule has 1 aliphatic heterocycles. The Morgan fingerprint density at radius 2 is 1.96 bits per heavy atom. The van der Waals surface area contributed by atoms with E-state index in [0.717, 1.165) is 37.9 Å². The molecule has 0 radical (unpaired) electrons. The SMILES string of the molecule is COCC(Cc1cc(C(N)=O)cc(C(=O)c2ccccn2)c1)C1CCNCC1. The first kappa shape index (κ1) is 20.2. The molecular weight excluding hydrogens is 354 g/mol. The van der Waals surface area contributed by atoms with Gasteiger partial charge in [-0.1, -0.05) is 6.07 Å². The number of aromatic nitrogens is 1. The van der Waals surface area contributed by atoms with Crippen molar-refractivity contribution in [2.75, 3.05) is 26.8 Å². The molecule has 148 valence electrons. The van der Waals surface area contributed by atoms with Crippen LogP contribution >= 0.6 is 0 Å². The van der Waals surface area contributed by atoms with Crippen LogP contribution < -0.4 is 11.1 Å². The molecule has 3 rings (SSSR count). The Bertz CT molecular complexity index is 817. The van der Waals surface area contributed by atoms with Crippen molar-refractivity contribution in [2.45, 2.75) is 19.3 Å². The highest BCUT2D eigenvalue weighted by molar-refractivity contribution is 6.09. The Hall–Kier alpha value is -2.57. The number of carbonyl (C=O) groups is 2. The van der Waals surface area contributed by atoms with Gasteiger partial charge in [0.2, 0.25) is 11.7 Å². The summed E-state index contributed by atoms with van der Waals surface area (Å²) in [5, 5.41) is 3.39. The van der Waals surface area contributed by atoms with Crippen molar-refractivity contribution in [1.29, 1.82) is 0 Å². The number of methoxy groups -OCH3 is 1. The lowest BCUT2D eigenvalue weighted by atomic mass is 9.81. The zero-order valence-corrected chi connectivity index (χ0v) is 16.2. The number of carbonyl (C=O) groups excluding carboxylic acids is 2. The van der Waals surface area contributed by atoms with Gasteiger partial charge in [0.15, 0.2) is 0 Å². The summed E-state index contributed by atoms with van der Waals surface area (Å²) in [7, 11) is 1.71. The largest absolute Gasteiger partial charge is 0.384 e. The van der Waals surface area contributed by atoms with Crippen LogP contribution in [0.3, 0.4) is 0 Å². The van der Waals surface area contributed by atoms with E-state index in [0.29, 0.717) is 35.3 Å². The minimum Gasteiger partial charge on any atom is -0.384 e. The van der Waals surface area contributed by atoms with E-state index in [1.807, 2.05) is 6.07 Å². The summed E-state index contributed by atoms with van der Waals surface area (Å²) in [5.74, 6) is 0.124. The minimum absolute atomic E-state index is 0.213. The molecule has 0 bridgehead atoms. The van der Waals surface area contributed by atoms with Crippen molar-refractivity contribution in [3.05, 3.63) is 65.0 Å². The number of nitrogens with two attached hydrogens (primary N) is 1. The maximum atomic E-state index is 12.8. The molecule has 1 fully saturated rings. The summed E-state index contributed by atoms with van der Waals surface area (Å²) in [6.07, 6.45) is 4.52. The molecule has 0 aliphatic carbocycles. The standard InChI is InChI=1S/C22H27N3O3/c1-28-14-19(16-5-8-24-9-6-16)12-15-10-17(13-18(11-15)22(23)27)21(26)20-4-2-3-7-25-20/h2-4,7,10-11,13,16,19,24H,5-6,8-9,12,14H2,1H3,(H2,23,27). The molecule has 2 aromatic rings. The fourth-order valence-corrected chi connectivity index (χ4v) is 3.92. The van der Waals surface area contributed by atoms with Crippen LogP contribution in [0.4, 0.5) is 0 Å². The molecule has 0 spiro atoms. The fourth-order valence-electron chi connectivity index (χ4n) is 3.92. The van der Waals surface area contributed by atoms with Gasteiger partial charge in [-0.3, -0.25) is 14.6 Å². The predicted octanol–water partition coefficient (Wildman–Crippen LogP) is 2.22. The molecular formula is C22H27N3O3. The number of amides is 1. The first-order valence-corrected chi connectivity index (χ1v) is 9.67. The minimum atomic E-state index is -0.540. The zero-order valence-electron chi connectivity index (χ0n) is 16.2. The predicted molar refractivity (Wildman–Crippen MR) is 107 cm³/mol. The van der Waals surface area contributed by atoms with Gasteiger partial charge in [0.1, 0.15) is 5.69 Å². The number of primary amides is 1. The number of rotatable bonds is 8. The summed E-state index contributed by atoms with van der Waals surface area (Å²) in [6.45, 7) is 2.67. The van der Waals surface area contributed by atoms with Crippen LogP contribution in [0, 0.1) is 11.8 Å². The number of hydrogen-bond donors (Lipinski definition) is 2. The fraction of sp³-hybridized carbons (Fsp3) is 0.409. The maximum absolute atomic E-state index is 12.8. The normalized spacial score (nSPS) is 15.9. The number of nitrogens with zero attached hydrogens (tertiary/aromatic N) is 1. The highest BCUT2D eigenvalue weighted by atomic mass is 16.5. The lowest BCUT2D eigenvalue weighted by Crippen LogP contribution is -2.34.